The van der Waals surface area contributed by atoms with E-state index >= 15 is 0 Å². The number of hydrogen-bond donors (Lipinski definition) is 1. The van der Waals surface area contributed by atoms with Crippen LogP contribution in [0.15, 0.2) is 4.52 Å². The van der Waals surface area contributed by atoms with Crippen LogP contribution in [0.25, 0.3) is 0 Å². The van der Waals surface area contributed by atoms with Crippen LogP contribution in [-0.2, 0) is 0 Å². The van der Waals surface area contributed by atoms with Gasteiger partial charge in [0, 0.05) is 18.4 Å². The van der Waals surface area contributed by atoms with Gasteiger partial charge in [0.1, 0.15) is 0 Å². The number of nitrogens with one attached hydrogen (secondary N) is 1. The fourth-order valence-corrected chi connectivity index (χ4v) is 2.74. The first kappa shape index (κ1) is 13.5. The Morgan fingerprint density at radius 1 is 1.33 bits per heavy atom. The molecule has 0 aromatic carbocycles. The van der Waals surface area contributed by atoms with Gasteiger partial charge in [0.25, 0.3) is 0 Å². The number of rotatable bonds is 6. The second-order valence-corrected chi connectivity index (χ2v) is 5.31. The van der Waals surface area contributed by atoms with E-state index < -0.39 is 0 Å². The van der Waals surface area contributed by atoms with Crippen LogP contribution in [0, 0.1) is 0 Å². The number of hydrogen-bond acceptors (Lipinski definition) is 4. The molecule has 0 radical (unpaired) electrons. The van der Waals surface area contributed by atoms with Gasteiger partial charge in [0.05, 0.1) is 0 Å². The van der Waals surface area contributed by atoms with Gasteiger partial charge < -0.3 is 9.84 Å². The zero-order valence-corrected chi connectivity index (χ0v) is 11.6. The van der Waals surface area contributed by atoms with Crippen LogP contribution < -0.4 is 5.32 Å². The summed E-state index contributed by atoms with van der Waals surface area (Å²) in [5.41, 5.74) is 0. The Bertz CT molecular complexity index is 339. The van der Waals surface area contributed by atoms with Crippen molar-refractivity contribution in [3.63, 3.8) is 0 Å². The lowest BCUT2D eigenvalue weighted by Crippen LogP contribution is -2.28. The molecule has 0 spiro atoms. The molecule has 0 saturated carbocycles. The van der Waals surface area contributed by atoms with Crippen molar-refractivity contribution in [1.29, 1.82) is 0 Å². The van der Waals surface area contributed by atoms with Gasteiger partial charge in [-0.25, -0.2) is 0 Å². The third kappa shape index (κ3) is 3.31. The topological polar surface area (TPSA) is 51.0 Å². The monoisotopic (exact) mass is 251 g/mol. The molecular formula is C14H25N3O. The van der Waals surface area contributed by atoms with Crippen LogP contribution in [0.1, 0.15) is 75.9 Å². The van der Waals surface area contributed by atoms with Crippen LogP contribution in [0.5, 0.6) is 0 Å². The van der Waals surface area contributed by atoms with Crippen molar-refractivity contribution in [2.24, 2.45) is 0 Å². The van der Waals surface area contributed by atoms with E-state index in [1.165, 1.54) is 25.7 Å². The van der Waals surface area contributed by atoms with Crippen molar-refractivity contribution >= 4 is 0 Å². The van der Waals surface area contributed by atoms with Crippen LogP contribution in [0.3, 0.4) is 0 Å². The van der Waals surface area contributed by atoms with Crippen molar-refractivity contribution in [2.75, 3.05) is 13.1 Å². The van der Waals surface area contributed by atoms with E-state index in [9.17, 15) is 0 Å². The highest BCUT2D eigenvalue weighted by molar-refractivity contribution is 5.01. The molecule has 0 amide bonds. The summed E-state index contributed by atoms with van der Waals surface area (Å²) in [5.74, 6) is 2.67. The van der Waals surface area contributed by atoms with Gasteiger partial charge in [-0.15, -0.1) is 0 Å². The summed E-state index contributed by atoms with van der Waals surface area (Å²) in [5, 5.41) is 7.60. The zero-order chi connectivity index (χ0) is 12.8. The quantitative estimate of drug-likeness (QED) is 0.843. The minimum atomic E-state index is 0.445. The molecule has 0 aliphatic carbocycles. The second-order valence-electron chi connectivity index (χ2n) is 5.31. The largest absolute Gasteiger partial charge is 0.339 e. The number of nitrogens with zero attached hydrogens (tertiary/aromatic N) is 2. The maximum Gasteiger partial charge on any atom is 0.229 e. The Morgan fingerprint density at radius 2 is 2.11 bits per heavy atom. The molecule has 4 nitrogen and oxygen atoms in total. The first-order chi connectivity index (χ1) is 8.85. The van der Waals surface area contributed by atoms with Crippen molar-refractivity contribution < 1.29 is 4.52 Å². The maximum absolute atomic E-state index is 5.50. The molecule has 1 aromatic heterocycles. The third-order valence-electron chi connectivity index (χ3n) is 3.74. The lowest BCUT2D eigenvalue weighted by Gasteiger charge is -2.19. The first-order valence-corrected chi connectivity index (χ1v) is 7.39. The van der Waals surface area contributed by atoms with Crippen molar-refractivity contribution in [3.05, 3.63) is 11.7 Å². The molecule has 1 unspecified atom stereocenters. The molecule has 0 bridgehead atoms. The Hall–Kier alpha value is -0.900. The molecule has 1 atom stereocenters. The lowest BCUT2D eigenvalue weighted by atomic mass is 9.97. The van der Waals surface area contributed by atoms with E-state index in [2.05, 4.69) is 29.3 Å². The van der Waals surface area contributed by atoms with E-state index in [1.54, 1.807) is 0 Å². The Balaban J connectivity index is 2.02. The summed E-state index contributed by atoms with van der Waals surface area (Å²) in [6, 6.07) is 0. The number of aromatic nitrogens is 2. The molecule has 2 heterocycles. The summed E-state index contributed by atoms with van der Waals surface area (Å²) < 4.78 is 5.50. The molecule has 1 fully saturated rings. The molecule has 1 N–H and O–H groups in total. The predicted octanol–water partition coefficient (Wildman–Crippen LogP) is 3.22. The van der Waals surface area contributed by atoms with Crippen LogP contribution in [0.4, 0.5) is 0 Å². The maximum atomic E-state index is 5.50. The van der Waals surface area contributed by atoms with E-state index in [0.29, 0.717) is 11.8 Å². The average Bonchev–Trinajstić information content (AvgIpc) is 2.89. The molecule has 1 saturated heterocycles. The second kappa shape index (κ2) is 6.88. The van der Waals surface area contributed by atoms with E-state index in [4.69, 9.17) is 4.52 Å². The minimum Gasteiger partial charge on any atom is -0.339 e. The highest BCUT2D eigenvalue weighted by Crippen LogP contribution is 2.27. The molecule has 1 aromatic rings. The van der Waals surface area contributed by atoms with Crippen molar-refractivity contribution in [3.8, 4) is 0 Å². The van der Waals surface area contributed by atoms with Crippen molar-refractivity contribution in [1.82, 2.24) is 15.5 Å². The van der Waals surface area contributed by atoms with Gasteiger partial charge in [-0.05, 0) is 32.2 Å². The smallest absolute Gasteiger partial charge is 0.229 e. The van der Waals surface area contributed by atoms with Gasteiger partial charge in [-0.1, -0.05) is 31.8 Å². The summed E-state index contributed by atoms with van der Waals surface area (Å²) in [6.45, 7) is 6.54. The minimum absolute atomic E-state index is 0.445. The Kier molecular flexibility index (Phi) is 5.17. The number of piperidine rings is 1. The summed E-state index contributed by atoms with van der Waals surface area (Å²) >= 11 is 0. The third-order valence-corrected chi connectivity index (χ3v) is 3.74. The lowest BCUT2D eigenvalue weighted by molar-refractivity contribution is 0.329. The van der Waals surface area contributed by atoms with E-state index in [0.717, 1.165) is 37.6 Å². The molecule has 2 rings (SSSR count). The van der Waals surface area contributed by atoms with Crippen molar-refractivity contribution in [2.45, 2.75) is 64.2 Å². The predicted molar refractivity (Wildman–Crippen MR) is 71.7 cm³/mol. The van der Waals surface area contributed by atoms with Crippen LogP contribution >= 0.6 is 0 Å². The van der Waals surface area contributed by atoms with Crippen LogP contribution in [-0.4, -0.2) is 23.2 Å². The summed E-state index contributed by atoms with van der Waals surface area (Å²) in [7, 11) is 0. The Labute approximate surface area is 110 Å². The van der Waals surface area contributed by atoms with Gasteiger partial charge in [0.15, 0.2) is 5.82 Å². The SMILES string of the molecule is CCCC(CCC)c1nc(C2CCCNC2)no1. The molecule has 1 aliphatic heterocycles. The Morgan fingerprint density at radius 3 is 2.72 bits per heavy atom. The molecule has 102 valence electrons. The summed E-state index contributed by atoms with van der Waals surface area (Å²) in [4.78, 5) is 4.65. The normalized spacial score (nSPS) is 20.5. The van der Waals surface area contributed by atoms with Gasteiger partial charge in [-0.3, -0.25) is 0 Å². The highest BCUT2D eigenvalue weighted by atomic mass is 16.5. The fourth-order valence-electron chi connectivity index (χ4n) is 2.74. The molecule has 4 heteroatoms. The van der Waals surface area contributed by atoms with Crippen LogP contribution in [0.2, 0.25) is 0 Å². The highest BCUT2D eigenvalue weighted by Gasteiger charge is 2.23. The van der Waals surface area contributed by atoms with Gasteiger partial charge in [0.2, 0.25) is 5.89 Å². The molecular weight excluding hydrogens is 226 g/mol. The fraction of sp³-hybridized carbons (Fsp3) is 0.857. The first-order valence-electron chi connectivity index (χ1n) is 7.39. The van der Waals surface area contributed by atoms with E-state index in [1.807, 2.05) is 0 Å². The average molecular weight is 251 g/mol. The van der Waals surface area contributed by atoms with E-state index in [-0.39, 0.29) is 0 Å². The summed E-state index contributed by atoms with van der Waals surface area (Å²) in [6.07, 6.45) is 7.04. The zero-order valence-electron chi connectivity index (χ0n) is 11.6. The molecule has 18 heavy (non-hydrogen) atoms. The standard InChI is InChI=1S/C14H25N3O/c1-3-6-11(7-4-2)14-16-13(17-18-14)12-8-5-9-15-10-12/h11-12,15H,3-10H2,1-2H3. The van der Waals surface area contributed by atoms with Gasteiger partial charge >= 0.3 is 0 Å². The van der Waals surface area contributed by atoms with Gasteiger partial charge in [-0.2, -0.15) is 4.98 Å². The molecule has 1 aliphatic rings.